The Morgan fingerprint density at radius 2 is 1.81 bits per heavy atom. The van der Waals surface area contributed by atoms with Crippen molar-refractivity contribution in [1.29, 1.82) is 0 Å². The minimum atomic E-state index is -2.30. The first-order chi connectivity index (χ1) is 7.68. The molecule has 1 aliphatic rings. The standard InChI is InChI=1S/C13H17F2N/c1-9(13(14)15)16-12(11-7-8-11)10-5-3-2-4-6-10/h2-6,9,11-13,16H,7-8H2,1H3. The van der Waals surface area contributed by atoms with Gasteiger partial charge in [0.25, 0.3) is 6.43 Å². The highest BCUT2D eigenvalue weighted by molar-refractivity contribution is 5.21. The van der Waals surface area contributed by atoms with Gasteiger partial charge in [0.05, 0.1) is 6.04 Å². The van der Waals surface area contributed by atoms with Crippen LogP contribution in [0.15, 0.2) is 30.3 Å². The lowest BCUT2D eigenvalue weighted by Gasteiger charge is -2.23. The van der Waals surface area contributed by atoms with Gasteiger partial charge in [-0.05, 0) is 31.2 Å². The molecule has 0 spiro atoms. The number of rotatable bonds is 5. The van der Waals surface area contributed by atoms with E-state index in [0.717, 1.165) is 18.4 Å². The van der Waals surface area contributed by atoms with Crippen molar-refractivity contribution in [2.75, 3.05) is 0 Å². The van der Waals surface area contributed by atoms with E-state index in [1.807, 2.05) is 30.3 Å². The van der Waals surface area contributed by atoms with Crippen LogP contribution in [-0.2, 0) is 0 Å². The molecule has 1 aromatic rings. The van der Waals surface area contributed by atoms with Gasteiger partial charge in [-0.2, -0.15) is 0 Å². The number of alkyl halides is 2. The van der Waals surface area contributed by atoms with Gasteiger partial charge in [0.1, 0.15) is 0 Å². The van der Waals surface area contributed by atoms with Crippen LogP contribution in [0.25, 0.3) is 0 Å². The monoisotopic (exact) mass is 225 g/mol. The molecule has 2 rings (SSSR count). The van der Waals surface area contributed by atoms with Gasteiger partial charge >= 0.3 is 0 Å². The molecule has 2 unspecified atom stereocenters. The lowest BCUT2D eigenvalue weighted by atomic mass is 10.0. The Morgan fingerprint density at radius 1 is 1.19 bits per heavy atom. The second kappa shape index (κ2) is 4.91. The SMILES string of the molecule is CC(NC(c1ccccc1)C1CC1)C(F)F. The number of nitrogens with one attached hydrogen (secondary N) is 1. The molecule has 88 valence electrons. The third-order valence-corrected chi connectivity index (χ3v) is 3.07. The highest BCUT2D eigenvalue weighted by Gasteiger charge is 2.34. The van der Waals surface area contributed by atoms with Gasteiger partial charge in [-0.25, -0.2) is 8.78 Å². The van der Waals surface area contributed by atoms with Crippen LogP contribution in [-0.4, -0.2) is 12.5 Å². The molecule has 2 atom stereocenters. The van der Waals surface area contributed by atoms with Crippen LogP contribution in [0.5, 0.6) is 0 Å². The van der Waals surface area contributed by atoms with Gasteiger partial charge in [-0.3, -0.25) is 0 Å². The Labute approximate surface area is 94.9 Å². The quantitative estimate of drug-likeness (QED) is 0.810. The maximum Gasteiger partial charge on any atom is 0.253 e. The van der Waals surface area contributed by atoms with E-state index < -0.39 is 12.5 Å². The van der Waals surface area contributed by atoms with E-state index in [1.54, 1.807) is 6.92 Å². The second-order valence-corrected chi connectivity index (χ2v) is 4.52. The van der Waals surface area contributed by atoms with Crippen molar-refractivity contribution in [2.45, 2.75) is 38.3 Å². The van der Waals surface area contributed by atoms with Gasteiger partial charge in [0.2, 0.25) is 0 Å². The average molecular weight is 225 g/mol. The van der Waals surface area contributed by atoms with E-state index in [9.17, 15) is 8.78 Å². The maximum atomic E-state index is 12.5. The van der Waals surface area contributed by atoms with Crippen LogP contribution in [0.2, 0.25) is 0 Å². The van der Waals surface area contributed by atoms with E-state index in [1.165, 1.54) is 0 Å². The molecule has 1 fully saturated rings. The van der Waals surface area contributed by atoms with Crippen LogP contribution in [0.3, 0.4) is 0 Å². The summed E-state index contributed by atoms with van der Waals surface area (Å²) in [5.74, 6) is 0.531. The molecule has 0 aliphatic heterocycles. The summed E-state index contributed by atoms with van der Waals surface area (Å²) in [7, 11) is 0. The molecular formula is C13H17F2N. The number of hydrogen-bond acceptors (Lipinski definition) is 1. The Morgan fingerprint density at radius 3 is 2.31 bits per heavy atom. The van der Waals surface area contributed by atoms with Crippen LogP contribution in [0.4, 0.5) is 8.78 Å². The van der Waals surface area contributed by atoms with Crippen LogP contribution >= 0.6 is 0 Å². The van der Waals surface area contributed by atoms with Crippen molar-refractivity contribution in [3.63, 3.8) is 0 Å². The van der Waals surface area contributed by atoms with Crippen molar-refractivity contribution in [2.24, 2.45) is 5.92 Å². The fourth-order valence-corrected chi connectivity index (χ4v) is 1.95. The first-order valence-corrected chi connectivity index (χ1v) is 5.77. The first kappa shape index (κ1) is 11.5. The average Bonchev–Trinajstić information content (AvgIpc) is 3.10. The highest BCUT2D eigenvalue weighted by Crippen LogP contribution is 2.41. The summed E-state index contributed by atoms with van der Waals surface area (Å²) >= 11 is 0. The molecule has 3 heteroatoms. The zero-order valence-corrected chi connectivity index (χ0v) is 9.37. The van der Waals surface area contributed by atoms with Gasteiger partial charge in [-0.1, -0.05) is 30.3 Å². The molecule has 0 radical (unpaired) electrons. The molecule has 16 heavy (non-hydrogen) atoms. The molecule has 0 bridgehead atoms. The fraction of sp³-hybridized carbons (Fsp3) is 0.538. The van der Waals surface area contributed by atoms with E-state index in [-0.39, 0.29) is 6.04 Å². The Kier molecular flexibility index (Phi) is 3.54. The molecule has 1 aliphatic carbocycles. The Balaban J connectivity index is 2.06. The largest absolute Gasteiger partial charge is 0.302 e. The smallest absolute Gasteiger partial charge is 0.253 e. The summed E-state index contributed by atoms with van der Waals surface area (Å²) in [6, 6.07) is 9.22. The molecule has 1 N–H and O–H groups in total. The summed E-state index contributed by atoms with van der Waals surface area (Å²) in [4.78, 5) is 0. The number of halogens is 2. The van der Waals surface area contributed by atoms with Crippen LogP contribution in [0, 0.1) is 5.92 Å². The predicted octanol–water partition coefficient (Wildman–Crippen LogP) is 3.38. The van der Waals surface area contributed by atoms with E-state index in [4.69, 9.17) is 0 Å². The second-order valence-electron chi connectivity index (χ2n) is 4.52. The van der Waals surface area contributed by atoms with E-state index in [0.29, 0.717) is 5.92 Å². The maximum absolute atomic E-state index is 12.5. The highest BCUT2D eigenvalue weighted by atomic mass is 19.3. The first-order valence-electron chi connectivity index (χ1n) is 5.77. The van der Waals surface area contributed by atoms with Crippen LogP contribution in [0.1, 0.15) is 31.4 Å². The lowest BCUT2D eigenvalue weighted by Crippen LogP contribution is -2.36. The molecule has 1 aromatic carbocycles. The Bertz CT molecular complexity index is 322. The molecular weight excluding hydrogens is 208 g/mol. The molecule has 0 amide bonds. The van der Waals surface area contributed by atoms with Gasteiger partial charge in [0, 0.05) is 6.04 Å². The minimum absolute atomic E-state index is 0.0881. The molecule has 0 saturated heterocycles. The third kappa shape index (κ3) is 2.79. The van der Waals surface area contributed by atoms with Crippen LogP contribution < -0.4 is 5.32 Å². The van der Waals surface area contributed by atoms with Gasteiger partial charge in [-0.15, -0.1) is 0 Å². The van der Waals surface area contributed by atoms with E-state index in [2.05, 4.69) is 5.32 Å². The van der Waals surface area contributed by atoms with Crippen molar-refractivity contribution in [3.8, 4) is 0 Å². The third-order valence-electron chi connectivity index (χ3n) is 3.07. The lowest BCUT2D eigenvalue weighted by molar-refractivity contribution is 0.0980. The zero-order chi connectivity index (χ0) is 11.5. The molecule has 0 heterocycles. The van der Waals surface area contributed by atoms with E-state index >= 15 is 0 Å². The number of hydrogen-bond donors (Lipinski definition) is 1. The normalized spacial score (nSPS) is 19.8. The minimum Gasteiger partial charge on any atom is -0.302 e. The van der Waals surface area contributed by atoms with Crippen molar-refractivity contribution >= 4 is 0 Å². The number of benzene rings is 1. The fourth-order valence-electron chi connectivity index (χ4n) is 1.95. The molecule has 1 nitrogen and oxygen atoms in total. The molecule has 0 aromatic heterocycles. The summed E-state index contributed by atoms with van der Waals surface area (Å²) in [5.41, 5.74) is 1.12. The summed E-state index contributed by atoms with van der Waals surface area (Å²) < 4.78 is 25.1. The summed E-state index contributed by atoms with van der Waals surface area (Å²) in [5, 5.41) is 3.04. The summed E-state index contributed by atoms with van der Waals surface area (Å²) in [6.45, 7) is 1.54. The van der Waals surface area contributed by atoms with Crippen molar-refractivity contribution < 1.29 is 8.78 Å². The van der Waals surface area contributed by atoms with Crippen molar-refractivity contribution in [3.05, 3.63) is 35.9 Å². The Hall–Kier alpha value is -0.960. The van der Waals surface area contributed by atoms with Gasteiger partial charge < -0.3 is 5.32 Å². The predicted molar refractivity (Wildman–Crippen MR) is 60.5 cm³/mol. The zero-order valence-electron chi connectivity index (χ0n) is 9.37. The van der Waals surface area contributed by atoms with Crippen molar-refractivity contribution in [1.82, 2.24) is 5.32 Å². The summed E-state index contributed by atoms with van der Waals surface area (Å²) in [6.07, 6.45) is -0.0182. The molecule has 1 saturated carbocycles. The van der Waals surface area contributed by atoms with Gasteiger partial charge in [0.15, 0.2) is 0 Å². The topological polar surface area (TPSA) is 12.0 Å².